The molecule has 4 saturated carbocycles. The molecule has 4 rings (SSSR count). The molecule has 0 spiro atoms. The van der Waals surface area contributed by atoms with E-state index in [-0.39, 0.29) is 6.10 Å². The number of aliphatic hydroxyl groups excluding tert-OH is 1. The maximum atomic E-state index is 10.0. The average molecular weight is 295 g/mol. The summed E-state index contributed by atoms with van der Waals surface area (Å²) >= 11 is 0. The van der Waals surface area contributed by atoms with Gasteiger partial charge in [0.1, 0.15) is 0 Å². The highest BCUT2D eigenvalue weighted by atomic mass is 16.5. The molecular formula is C18H33NO2. The Bertz CT molecular complexity index is 309. The Kier molecular flexibility index (Phi) is 4.92. The molecule has 2 unspecified atom stereocenters. The van der Waals surface area contributed by atoms with Crippen molar-refractivity contribution in [2.75, 3.05) is 19.8 Å². The van der Waals surface area contributed by atoms with Crippen molar-refractivity contribution in [3.05, 3.63) is 0 Å². The summed E-state index contributed by atoms with van der Waals surface area (Å²) in [5.41, 5.74) is 0.471. The third-order valence-corrected chi connectivity index (χ3v) is 6.20. The van der Waals surface area contributed by atoms with E-state index < -0.39 is 0 Å². The predicted octanol–water partition coefficient (Wildman–Crippen LogP) is 2.97. The normalized spacial score (nSPS) is 40.4. The van der Waals surface area contributed by atoms with Crippen molar-refractivity contribution in [1.82, 2.24) is 5.32 Å². The molecule has 4 fully saturated rings. The van der Waals surface area contributed by atoms with Gasteiger partial charge in [-0.15, -0.1) is 0 Å². The molecule has 0 aliphatic heterocycles. The Labute approximate surface area is 129 Å². The minimum absolute atomic E-state index is 0.368. The Morgan fingerprint density at radius 3 is 2.24 bits per heavy atom. The topological polar surface area (TPSA) is 41.5 Å². The molecule has 122 valence electrons. The number of hydrogen-bond acceptors (Lipinski definition) is 3. The molecule has 0 radical (unpaired) electrons. The van der Waals surface area contributed by atoms with E-state index in [0.717, 1.165) is 30.8 Å². The predicted molar refractivity (Wildman–Crippen MR) is 85.2 cm³/mol. The van der Waals surface area contributed by atoms with Crippen molar-refractivity contribution in [2.45, 2.75) is 70.9 Å². The van der Waals surface area contributed by atoms with Crippen LogP contribution in [0, 0.1) is 23.2 Å². The first-order valence-electron chi connectivity index (χ1n) is 9.08. The Morgan fingerprint density at radius 2 is 1.71 bits per heavy atom. The lowest BCUT2D eigenvalue weighted by Gasteiger charge is -2.56. The maximum absolute atomic E-state index is 10.0. The van der Waals surface area contributed by atoms with Crippen LogP contribution in [0.15, 0.2) is 0 Å². The molecule has 2 N–H and O–H groups in total. The van der Waals surface area contributed by atoms with Crippen LogP contribution in [-0.2, 0) is 4.74 Å². The quantitative estimate of drug-likeness (QED) is 0.723. The lowest BCUT2D eigenvalue weighted by atomic mass is 9.50. The van der Waals surface area contributed by atoms with Gasteiger partial charge < -0.3 is 15.2 Å². The first kappa shape index (κ1) is 15.8. The SMILES string of the molecule is CCC(C)NCC(O)COCC12CC3CC(CC(C3)C1)C2. The van der Waals surface area contributed by atoms with Gasteiger partial charge in [0, 0.05) is 12.6 Å². The van der Waals surface area contributed by atoms with Crippen LogP contribution in [-0.4, -0.2) is 37.0 Å². The van der Waals surface area contributed by atoms with Crippen LogP contribution in [0.2, 0.25) is 0 Å². The van der Waals surface area contributed by atoms with Crippen LogP contribution in [0.3, 0.4) is 0 Å². The van der Waals surface area contributed by atoms with Gasteiger partial charge in [0.15, 0.2) is 0 Å². The molecule has 3 heteroatoms. The number of aliphatic hydroxyl groups is 1. The molecule has 3 nitrogen and oxygen atoms in total. The van der Waals surface area contributed by atoms with Crippen LogP contribution in [0.1, 0.15) is 58.8 Å². The summed E-state index contributed by atoms with van der Waals surface area (Å²) in [5, 5.41) is 13.4. The van der Waals surface area contributed by atoms with E-state index in [1.54, 1.807) is 0 Å². The van der Waals surface area contributed by atoms with E-state index in [9.17, 15) is 5.11 Å². The largest absolute Gasteiger partial charge is 0.389 e. The van der Waals surface area contributed by atoms with E-state index in [2.05, 4.69) is 19.2 Å². The fourth-order valence-corrected chi connectivity index (χ4v) is 5.42. The van der Waals surface area contributed by atoms with Crippen molar-refractivity contribution in [3.8, 4) is 0 Å². The van der Waals surface area contributed by atoms with E-state index in [0.29, 0.717) is 24.6 Å². The lowest BCUT2D eigenvalue weighted by molar-refractivity contribution is -0.105. The molecule has 4 bridgehead atoms. The van der Waals surface area contributed by atoms with Crippen molar-refractivity contribution in [1.29, 1.82) is 0 Å². The molecule has 2 atom stereocenters. The minimum atomic E-state index is -0.368. The number of rotatable bonds is 8. The van der Waals surface area contributed by atoms with Crippen molar-refractivity contribution >= 4 is 0 Å². The fraction of sp³-hybridized carbons (Fsp3) is 1.00. The van der Waals surface area contributed by atoms with Gasteiger partial charge in [-0.3, -0.25) is 0 Å². The number of hydrogen-bond donors (Lipinski definition) is 2. The summed E-state index contributed by atoms with van der Waals surface area (Å²) in [6.45, 7) is 6.34. The van der Waals surface area contributed by atoms with E-state index in [4.69, 9.17) is 4.74 Å². The maximum Gasteiger partial charge on any atom is 0.0897 e. The van der Waals surface area contributed by atoms with Gasteiger partial charge in [-0.05, 0) is 75.0 Å². The van der Waals surface area contributed by atoms with Gasteiger partial charge in [-0.25, -0.2) is 0 Å². The first-order chi connectivity index (χ1) is 10.1. The standard InChI is InChI=1S/C18H33NO2/c1-3-13(2)19-10-17(20)11-21-12-18-7-14-4-15(8-18)6-16(5-14)9-18/h13-17,19-20H,3-12H2,1-2H3. The zero-order valence-corrected chi connectivity index (χ0v) is 13.8. The summed E-state index contributed by atoms with van der Waals surface area (Å²) in [7, 11) is 0. The number of nitrogens with one attached hydrogen (secondary N) is 1. The highest BCUT2D eigenvalue weighted by Crippen LogP contribution is 2.59. The average Bonchev–Trinajstić information content (AvgIpc) is 2.43. The summed E-state index contributed by atoms with van der Waals surface area (Å²) in [6.07, 6.45) is 9.36. The zero-order valence-electron chi connectivity index (χ0n) is 13.8. The lowest BCUT2D eigenvalue weighted by Crippen LogP contribution is -2.48. The first-order valence-corrected chi connectivity index (χ1v) is 9.08. The van der Waals surface area contributed by atoms with Gasteiger partial charge in [0.2, 0.25) is 0 Å². The summed E-state index contributed by atoms with van der Waals surface area (Å²) in [4.78, 5) is 0. The number of ether oxygens (including phenoxy) is 1. The minimum Gasteiger partial charge on any atom is -0.389 e. The molecule has 0 amide bonds. The third kappa shape index (κ3) is 3.80. The van der Waals surface area contributed by atoms with Gasteiger partial charge >= 0.3 is 0 Å². The van der Waals surface area contributed by atoms with E-state index in [1.165, 1.54) is 38.5 Å². The Balaban J connectivity index is 1.39. The van der Waals surface area contributed by atoms with Crippen LogP contribution in [0.25, 0.3) is 0 Å². The molecule has 4 aliphatic carbocycles. The second kappa shape index (κ2) is 6.55. The highest BCUT2D eigenvalue weighted by molar-refractivity contribution is 5.01. The summed E-state index contributed by atoms with van der Waals surface area (Å²) in [5.74, 6) is 2.95. The van der Waals surface area contributed by atoms with Crippen LogP contribution in [0.5, 0.6) is 0 Å². The van der Waals surface area contributed by atoms with Crippen LogP contribution in [0.4, 0.5) is 0 Å². The molecule has 0 heterocycles. The van der Waals surface area contributed by atoms with Gasteiger partial charge in [0.25, 0.3) is 0 Å². The summed E-state index contributed by atoms with van der Waals surface area (Å²) in [6, 6.07) is 0.475. The van der Waals surface area contributed by atoms with Crippen molar-refractivity contribution < 1.29 is 9.84 Å². The van der Waals surface area contributed by atoms with Crippen LogP contribution < -0.4 is 5.32 Å². The molecule has 0 aromatic heterocycles. The molecule has 0 aromatic rings. The second-order valence-electron chi connectivity index (χ2n) is 8.30. The molecule has 4 aliphatic rings. The van der Waals surface area contributed by atoms with Gasteiger partial charge in [0.05, 0.1) is 19.3 Å². The fourth-order valence-electron chi connectivity index (χ4n) is 5.42. The Hall–Kier alpha value is -0.120. The van der Waals surface area contributed by atoms with Gasteiger partial charge in [-0.1, -0.05) is 6.92 Å². The van der Waals surface area contributed by atoms with E-state index in [1.807, 2.05) is 0 Å². The van der Waals surface area contributed by atoms with Gasteiger partial charge in [-0.2, -0.15) is 0 Å². The zero-order chi connectivity index (χ0) is 14.9. The third-order valence-electron chi connectivity index (χ3n) is 6.20. The smallest absolute Gasteiger partial charge is 0.0897 e. The monoisotopic (exact) mass is 295 g/mol. The second-order valence-corrected chi connectivity index (χ2v) is 8.30. The summed E-state index contributed by atoms with van der Waals surface area (Å²) < 4.78 is 5.96. The van der Waals surface area contributed by atoms with E-state index >= 15 is 0 Å². The molecule has 0 aromatic carbocycles. The Morgan fingerprint density at radius 1 is 1.14 bits per heavy atom. The highest BCUT2D eigenvalue weighted by Gasteiger charge is 2.50. The molecular weight excluding hydrogens is 262 g/mol. The van der Waals surface area contributed by atoms with Crippen molar-refractivity contribution in [3.63, 3.8) is 0 Å². The molecule has 0 saturated heterocycles. The van der Waals surface area contributed by atoms with Crippen LogP contribution >= 0.6 is 0 Å². The van der Waals surface area contributed by atoms with Crippen molar-refractivity contribution in [2.24, 2.45) is 23.2 Å². The molecule has 21 heavy (non-hydrogen) atoms.